The van der Waals surface area contributed by atoms with Crippen LogP contribution >= 0.6 is 27.3 Å². The van der Waals surface area contributed by atoms with E-state index in [1.54, 1.807) is 6.08 Å². The van der Waals surface area contributed by atoms with E-state index in [4.69, 9.17) is 5.11 Å². The van der Waals surface area contributed by atoms with Crippen LogP contribution in [0.2, 0.25) is 0 Å². The van der Waals surface area contributed by atoms with Gasteiger partial charge in [-0.25, -0.2) is 4.79 Å². The van der Waals surface area contributed by atoms with Gasteiger partial charge in [-0.3, -0.25) is 4.79 Å². The lowest BCUT2D eigenvalue weighted by atomic mass is 10.2. The first-order chi connectivity index (χ1) is 8.58. The van der Waals surface area contributed by atoms with Crippen molar-refractivity contribution in [3.8, 4) is 0 Å². The molecule has 0 aromatic carbocycles. The molecule has 1 fully saturated rings. The summed E-state index contributed by atoms with van der Waals surface area (Å²) in [7, 11) is 0. The van der Waals surface area contributed by atoms with Gasteiger partial charge in [0.2, 0.25) is 5.91 Å². The Bertz CT molecular complexity index is 497. The Morgan fingerprint density at radius 3 is 2.89 bits per heavy atom. The van der Waals surface area contributed by atoms with E-state index < -0.39 is 12.0 Å². The average molecular weight is 330 g/mol. The molecule has 1 N–H and O–H groups in total. The molecule has 1 aromatic rings. The summed E-state index contributed by atoms with van der Waals surface area (Å²) in [5, 5.41) is 9.00. The van der Waals surface area contributed by atoms with E-state index in [0.717, 1.165) is 15.1 Å². The minimum atomic E-state index is -0.923. The summed E-state index contributed by atoms with van der Waals surface area (Å²) in [4.78, 5) is 25.3. The van der Waals surface area contributed by atoms with Crippen LogP contribution in [-0.2, 0) is 9.59 Å². The van der Waals surface area contributed by atoms with Gasteiger partial charge >= 0.3 is 5.97 Å². The molecular weight excluding hydrogens is 318 g/mol. The van der Waals surface area contributed by atoms with E-state index in [-0.39, 0.29) is 5.91 Å². The van der Waals surface area contributed by atoms with E-state index in [2.05, 4.69) is 15.9 Å². The molecule has 2 heterocycles. The lowest BCUT2D eigenvalue weighted by Crippen LogP contribution is -2.39. The summed E-state index contributed by atoms with van der Waals surface area (Å²) in [6, 6.07) is 3.14. The fourth-order valence-corrected chi connectivity index (χ4v) is 3.28. The van der Waals surface area contributed by atoms with Crippen LogP contribution in [-0.4, -0.2) is 34.5 Å². The molecule has 1 amide bonds. The second-order valence-electron chi connectivity index (χ2n) is 4.00. The molecule has 0 bridgehead atoms. The van der Waals surface area contributed by atoms with Crippen LogP contribution in [0.4, 0.5) is 0 Å². The zero-order valence-electron chi connectivity index (χ0n) is 9.51. The second kappa shape index (κ2) is 5.67. The highest BCUT2D eigenvalue weighted by Crippen LogP contribution is 2.23. The van der Waals surface area contributed by atoms with Crippen LogP contribution in [0.5, 0.6) is 0 Å². The molecule has 1 aromatic heterocycles. The fourth-order valence-electron chi connectivity index (χ4n) is 1.95. The van der Waals surface area contributed by atoms with Crippen LogP contribution in [0.3, 0.4) is 0 Å². The Balaban J connectivity index is 2.03. The minimum absolute atomic E-state index is 0.232. The minimum Gasteiger partial charge on any atom is -0.480 e. The van der Waals surface area contributed by atoms with Crippen molar-refractivity contribution < 1.29 is 14.7 Å². The Hall–Kier alpha value is -1.14. The number of likely N-dealkylation sites (tertiary alicyclic amines) is 1. The fraction of sp³-hybridized carbons (Fsp3) is 0.333. The highest BCUT2D eigenvalue weighted by Gasteiger charge is 2.32. The van der Waals surface area contributed by atoms with E-state index in [0.29, 0.717) is 13.0 Å². The molecule has 96 valence electrons. The summed E-state index contributed by atoms with van der Waals surface area (Å²) < 4.78 is 0.999. The first-order valence-corrected chi connectivity index (χ1v) is 7.15. The third kappa shape index (κ3) is 3.00. The van der Waals surface area contributed by atoms with Gasteiger partial charge in [0, 0.05) is 17.5 Å². The molecule has 1 atom stereocenters. The van der Waals surface area contributed by atoms with E-state index in [1.807, 2.05) is 12.1 Å². The standard InChI is InChI=1S/C12H12BrNO3S/c13-10-5-3-8(18-10)4-6-11(15)14-7-1-2-9(14)12(16)17/h3-6,9H,1-2,7H2,(H,16,17). The molecule has 6 heteroatoms. The smallest absolute Gasteiger partial charge is 0.326 e. The maximum Gasteiger partial charge on any atom is 0.326 e. The first-order valence-electron chi connectivity index (χ1n) is 5.55. The molecule has 0 spiro atoms. The maximum absolute atomic E-state index is 11.9. The Labute approximate surface area is 117 Å². The number of carbonyl (C=O) groups is 2. The van der Waals surface area contributed by atoms with Gasteiger partial charge in [-0.05, 0) is 47.0 Å². The number of hydrogen-bond donors (Lipinski definition) is 1. The van der Waals surface area contributed by atoms with Gasteiger partial charge in [0.15, 0.2) is 0 Å². The van der Waals surface area contributed by atoms with Gasteiger partial charge in [-0.15, -0.1) is 11.3 Å². The number of hydrogen-bond acceptors (Lipinski definition) is 3. The molecule has 2 rings (SSSR count). The van der Waals surface area contributed by atoms with Crippen molar-refractivity contribution >= 4 is 45.2 Å². The normalized spacial score (nSPS) is 19.6. The van der Waals surface area contributed by atoms with E-state index >= 15 is 0 Å². The average Bonchev–Trinajstić information content (AvgIpc) is 2.94. The number of halogens is 1. The number of amides is 1. The summed E-state index contributed by atoms with van der Waals surface area (Å²) in [6.07, 6.45) is 4.45. The van der Waals surface area contributed by atoms with Crippen LogP contribution in [0, 0.1) is 0 Å². The summed E-state index contributed by atoms with van der Waals surface area (Å²) in [5.74, 6) is -1.16. The lowest BCUT2D eigenvalue weighted by molar-refractivity contribution is -0.146. The van der Waals surface area contributed by atoms with Crippen molar-refractivity contribution in [2.45, 2.75) is 18.9 Å². The van der Waals surface area contributed by atoms with Crippen molar-refractivity contribution in [2.75, 3.05) is 6.54 Å². The molecule has 18 heavy (non-hydrogen) atoms. The molecule has 4 nitrogen and oxygen atoms in total. The monoisotopic (exact) mass is 329 g/mol. The van der Waals surface area contributed by atoms with Crippen LogP contribution in [0.15, 0.2) is 22.0 Å². The number of carboxylic acids is 1. The van der Waals surface area contributed by atoms with Crippen molar-refractivity contribution in [3.05, 3.63) is 26.9 Å². The van der Waals surface area contributed by atoms with Crippen LogP contribution in [0.25, 0.3) is 6.08 Å². The predicted octanol–water partition coefficient (Wildman–Crippen LogP) is 2.60. The number of carbonyl (C=O) groups excluding carboxylic acids is 1. The van der Waals surface area contributed by atoms with Gasteiger partial charge in [-0.1, -0.05) is 0 Å². The molecule has 1 unspecified atom stereocenters. The van der Waals surface area contributed by atoms with Crippen molar-refractivity contribution in [1.82, 2.24) is 4.90 Å². The zero-order chi connectivity index (χ0) is 13.1. The Morgan fingerprint density at radius 1 is 1.50 bits per heavy atom. The highest BCUT2D eigenvalue weighted by atomic mass is 79.9. The Kier molecular flexibility index (Phi) is 4.19. The van der Waals surface area contributed by atoms with Gasteiger partial charge in [0.25, 0.3) is 0 Å². The molecule has 1 aliphatic heterocycles. The van der Waals surface area contributed by atoms with E-state index in [1.165, 1.54) is 22.3 Å². The highest BCUT2D eigenvalue weighted by molar-refractivity contribution is 9.11. The maximum atomic E-state index is 11.9. The summed E-state index contributed by atoms with van der Waals surface area (Å²) >= 11 is 4.87. The van der Waals surface area contributed by atoms with Gasteiger partial charge in [0.1, 0.15) is 6.04 Å². The first kappa shape index (κ1) is 13.3. The van der Waals surface area contributed by atoms with Crippen LogP contribution < -0.4 is 0 Å². The van der Waals surface area contributed by atoms with Gasteiger partial charge in [0.05, 0.1) is 3.79 Å². The largest absolute Gasteiger partial charge is 0.480 e. The summed E-state index contributed by atoms with van der Waals surface area (Å²) in [6.45, 7) is 0.522. The van der Waals surface area contributed by atoms with Crippen molar-refractivity contribution in [2.24, 2.45) is 0 Å². The van der Waals surface area contributed by atoms with E-state index in [9.17, 15) is 9.59 Å². The number of rotatable bonds is 3. The topological polar surface area (TPSA) is 57.6 Å². The molecule has 1 saturated heterocycles. The van der Waals surface area contributed by atoms with Crippen molar-refractivity contribution in [3.63, 3.8) is 0 Å². The van der Waals surface area contributed by atoms with Crippen molar-refractivity contribution in [1.29, 1.82) is 0 Å². The molecule has 0 saturated carbocycles. The zero-order valence-corrected chi connectivity index (χ0v) is 11.9. The second-order valence-corrected chi connectivity index (χ2v) is 6.50. The number of thiophene rings is 1. The van der Waals surface area contributed by atoms with Gasteiger partial charge in [-0.2, -0.15) is 0 Å². The molecule has 0 aliphatic carbocycles. The van der Waals surface area contributed by atoms with Crippen LogP contribution in [0.1, 0.15) is 17.7 Å². The SMILES string of the molecule is O=C(O)C1CCCN1C(=O)C=Cc1ccc(Br)s1. The lowest BCUT2D eigenvalue weighted by Gasteiger charge is -2.19. The third-order valence-corrected chi connectivity index (χ3v) is 4.39. The molecular formula is C12H12BrNO3S. The third-order valence-electron chi connectivity index (χ3n) is 2.81. The summed E-state index contributed by atoms with van der Waals surface area (Å²) in [5.41, 5.74) is 0. The quantitative estimate of drug-likeness (QED) is 0.867. The van der Waals surface area contributed by atoms with Gasteiger partial charge < -0.3 is 10.0 Å². The number of nitrogens with zero attached hydrogens (tertiary/aromatic N) is 1. The predicted molar refractivity (Wildman–Crippen MR) is 73.4 cm³/mol. The molecule has 1 aliphatic rings. The Morgan fingerprint density at radius 2 is 2.28 bits per heavy atom. The number of aliphatic carboxylic acids is 1. The number of carboxylic acid groups (broad SMARTS) is 1. The molecule has 0 radical (unpaired) electrons.